The van der Waals surface area contributed by atoms with Gasteiger partial charge in [0, 0.05) is 18.2 Å². The summed E-state index contributed by atoms with van der Waals surface area (Å²) in [5.41, 5.74) is 1.02. The quantitative estimate of drug-likeness (QED) is 0.639. The maximum atomic E-state index is 12.2. The Kier molecular flexibility index (Phi) is 7.58. The third-order valence-electron chi connectivity index (χ3n) is 5.45. The number of hydrogen-bond donors (Lipinski definition) is 1. The highest BCUT2D eigenvalue weighted by atomic mass is 32.2. The number of aromatic nitrogens is 3. The normalized spacial score (nSPS) is 19.3. The highest BCUT2D eigenvalue weighted by Crippen LogP contribution is 2.39. The summed E-state index contributed by atoms with van der Waals surface area (Å²) in [6, 6.07) is 8.31. The van der Waals surface area contributed by atoms with Crippen LogP contribution in [0.25, 0.3) is 11.4 Å². The van der Waals surface area contributed by atoms with E-state index in [1.165, 1.54) is 31.0 Å². The summed E-state index contributed by atoms with van der Waals surface area (Å²) in [5, 5.41) is 12.8. The predicted molar refractivity (Wildman–Crippen MR) is 117 cm³/mol. The van der Waals surface area contributed by atoms with Gasteiger partial charge in [0.1, 0.15) is 5.75 Å². The first-order valence-electron chi connectivity index (χ1n) is 10.5. The number of carbonyl (C=O) groups is 1. The van der Waals surface area contributed by atoms with Gasteiger partial charge >= 0.3 is 0 Å². The number of carbonyl (C=O) groups excluding carboxylic acids is 1. The second kappa shape index (κ2) is 10.1. The molecule has 1 aromatic carbocycles. The van der Waals surface area contributed by atoms with Crippen molar-refractivity contribution in [2.24, 2.45) is 11.8 Å². The SMILES string of the molecule is COc1ccc(-c2nnc(SCC(=O)NCC(C)C)n2[C@H]2CCCC[C@@H]2C)cc1. The molecular weight excluding hydrogens is 384 g/mol. The topological polar surface area (TPSA) is 69.0 Å². The molecule has 2 atom stereocenters. The van der Waals surface area contributed by atoms with Gasteiger partial charge in [-0.2, -0.15) is 0 Å². The summed E-state index contributed by atoms with van der Waals surface area (Å²) >= 11 is 1.48. The minimum absolute atomic E-state index is 0.0425. The molecule has 0 bridgehead atoms. The van der Waals surface area contributed by atoms with Crippen LogP contribution in [-0.2, 0) is 4.79 Å². The van der Waals surface area contributed by atoms with Crippen LogP contribution < -0.4 is 10.1 Å². The number of rotatable bonds is 8. The monoisotopic (exact) mass is 416 g/mol. The van der Waals surface area contributed by atoms with E-state index in [-0.39, 0.29) is 5.91 Å². The molecule has 1 heterocycles. The van der Waals surface area contributed by atoms with Crippen LogP contribution in [0.3, 0.4) is 0 Å². The van der Waals surface area contributed by atoms with Crippen molar-refractivity contribution in [2.45, 2.75) is 57.7 Å². The van der Waals surface area contributed by atoms with E-state index in [9.17, 15) is 4.79 Å². The van der Waals surface area contributed by atoms with Gasteiger partial charge in [-0.15, -0.1) is 10.2 Å². The molecule has 1 aliphatic rings. The first-order chi connectivity index (χ1) is 14.0. The summed E-state index contributed by atoms with van der Waals surface area (Å²) in [6.07, 6.45) is 4.82. The van der Waals surface area contributed by atoms with Crippen LogP contribution in [-0.4, -0.2) is 40.1 Å². The van der Waals surface area contributed by atoms with Gasteiger partial charge in [0.2, 0.25) is 5.91 Å². The Morgan fingerprint density at radius 2 is 1.97 bits per heavy atom. The van der Waals surface area contributed by atoms with Gasteiger partial charge in [-0.05, 0) is 48.9 Å². The maximum absolute atomic E-state index is 12.2. The van der Waals surface area contributed by atoms with Crippen LogP contribution in [0.15, 0.2) is 29.4 Å². The second-order valence-corrected chi connectivity index (χ2v) is 9.16. The fraction of sp³-hybridized carbons (Fsp3) is 0.591. The highest BCUT2D eigenvalue weighted by molar-refractivity contribution is 7.99. The molecule has 0 unspecified atom stereocenters. The Hall–Kier alpha value is -2.02. The first kappa shape index (κ1) is 21.7. The molecule has 1 fully saturated rings. The lowest BCUT2D eigenvalue weighted by atomic mass is 9.85. The zero-order chi connectivity index (χ0) is 20.8. The molecule has 158 valence electrons. The Morgan fingerprint density at radius 3 is 2.62 bits per heavy atom. The van der Waals surface area contributed by atoms with Gasteiger partial charge in [-0.3, -0.25) is 9.36 Å². The summed E-state index contributed by atoms with van der Waals surface area (Å²) in [6.45, 7) is 7.19. The predicted octanol–water partition coefficient (Wildman–Crippen LogP) is 4.57. The van der Waals surface area contributed by atoms with E-state index in [4.69, 9.17) is 4.74 Å². The number of ether oxygens (including phenoxy) is 1. The number of benzene rings is 1. The highest BCUT2D eigenvalue weighted by Gasteiger charge is 2.28. The zero-order valence-electron chi connectivity index (χ0n) is 17.9. The Balaban J connectivity index is 1.85. The Labute approximate surface area is 177 Å². The van der Waals surface area contributed by atoms with E-state index in [1.807, 2.05) is 24.3 Å². The van der Waals surface area contributed by atoms with E-state index >= 15 is 0 Å². The molecule has 0 spiro atoms. The van der Waals surface area contributed by atoms with E-state index in [1.54, 1.807) is 7.11 Å². The number of methoxy groups -OCH3 is 1. The van der Waals surface area contributed by atoms with Gasteiger partial charge in [-0.25, -0.2) is 0 Å². The molecule has 0 radical (unpaired) electrons. The molecule has 1 aliphatic carbocycles. The average molecular weight is 417 g/mol. The van der Waals surface area contributed by atoms with Crippen LogP contribution in [0.5, 0.6) is 5.75 Å². The summed E-state index contributed by atoms with van der Waals surface area (Å²) < 4.78 is 7.56. The molecule has 1 N–H and O–H groups in total. The fourth-order valence-electron chi connectivity index (χ4n) is 3.79. The number of nitrogens with one attached hydrogen (secondary N) is 1. The van der Waals surface area contributed by atoms with E-state index in [2.05, 4.69) is 40.9 Å². The van der Waals surface area contributed by atoms with Crippen molar-refractivity contribution in [1.29, 1.82) is 0 Å². The van der Waals surface area contributed by atoms with E-state index in [0.29, 0.717) is 30.2 Å². The second-order valence-electron chi connectivity index (χ2n) is 8.22. The number of nitrogens with zero attached hydrogens (tertiary/aromatic N) is 3. The van der Waals surface area contributed by atoms with E-state index in [0.717, 1.165) is 28.7 Å². The van der Waals surface area contributed by atoms with Gasteiger partial charge in [-0.1, -0.05) is 45.4 Å². The lowest BCUT2D eigenvalue weighted by Crippen LogP contribution is -2.29. The summed E-state index contributed by atoms with van der Waals surface area (Å²) in [5.74, 6) is 3.09. The van der Waals surface area contributed by atoms with Crippen LogP contribution >= 0.6 is 11.8 Å². The first-order valence-corrected chi connectivity index (χ1v) is 11.5. The van der Waals surface area contributed by atoms with Gasteiger partial charge < -0.3 is 10.1 Å². The third-order valence-corrected chi connectivity index (χ3v) is 6.39. The van der Waals surface area contributed by atoms with Crippen molar-refractivity contribution in [3.05, 3.63) is 24.3 Å². The lowest BCUT2D eigenvalue weighted by Gasteiger charge is -2.31. The van der Waals surface area contributed by atoms with Crippen molar-refractivity contribution >= 4 is 17.7 Å². The molecule has 0 saturated heterocycles. The van der Waals surface area contributed by atoms with Crippen molar-refractivity contribution in [1.82, 2.24) is 20.1 Å². The zero-order valence-corrected chi connectivity index (χ0v) is 18.7. The minimum Gasteiger partial charge on any atom is -0.497 e. The third kappa shape index (κ3) is 5.53. The molecule has 0 aliphatic heterocycles. The molecule has 3 rings (SSSR count). The average Bonchev–Trinajstić information content (AvgIpc) is 3.14. The van der Waals surface area contributed by atoms with Crippen LogP contribution in [0.1, 0.15) is 52.5 Å². The van der Waals surface area contributed by atoms with E-state index < -0.39 is 0 Å². The Bertz CT molecular complexity index is 804. The van der Waals surface area contributed by atoms with Crippen LogP contribution in [0.2, 0.25) is 0 Å². The molecule has 29 heavy (non-hydrogen) atoms. The van der Waals surface area contributed by atoms with Gasteiger partial charge in [0.05, 0.1) is 12.9 Å². The number of hydrogen-bond acceptors (Lipinski definition) is 5. The largest absolute Gasteiger partial charge is 0.497 e. The van der Waals surface area contributed by atoms with Crippen LogP contribution in [0.4, 0.5) is 0 Å². The summed E-state index contributed by atoms with van der Waals surface area (Å²) in [4.78, 5) is 12.2. The van der Waals surface area contributed by atoms with Crippen molar-refractivity contribution in [2.75, 3.05) is 19.4 Å². The molecule has 1 saturated carbocycles. The number of thioether (sulfide) groups is 1. The maximum Gasteiger partial charge on any atom is 0.230 e. The van der Waals surface area contributed by atoms with Gasteiger partial charge in [0.25, 0.3) is 0 Å². The fourth-order valence-corrected chi connectivity index (χ4v) is 4.61. The van der Waals surface area contributed by atoms with Gasteiger partial charge in [0.15, 0.2) is 11.0 Å². The van der Waals surface area contributed by atoms with Crippen molar-refractivity contribution < 1.29 is 9.53 Å². The minimum atomic E-state index is 0.0425. The lowest BCUT2D eigenvalue weighted by molar-refractivity contribution is -0.118. The smallest absolute Gasteiger partial charge is 0.230 e. The summed E-state index contributed by atoms with van der Waals surface area (Å²) in [7, 11) is 1.67. The van der Waals surface area contributed by atoms with Crippen molar-refractivity contribution in [3.63, 3.8) is 0 Å². The Morgan fingerprint density at radius 1 is 1.24 bits per heavy atom. The van der Waals surface area contributed by atoms with Crippen molar-refractivity contribution in [3.8, 4) is 17.1 Å². The molecule has 1 amide bonds. The van der Waals surface area contributed by atoms with Crippen LogP contribution in [0, 0.1) is 11.8 Å². The standard InChI is InChI=1S/C22H32N4O2S/c1-15(2)13-23-20(27)14-29-22-25-24-21(17-9-11-18(28-4)12-10-17)26(22)19-8-6-5-7-16(19)3/h9-12,15-16,19H,5-8,13-14H2,1-4H3,(H,23,27)/t16-,19-/m0/s1. The molecular formula is C22H32N4O2S. The number of amides is 1. The molecule has 1 aromatic heterocycles. The molecule has 2 aromatic rings. The molecule has 6 nitrogen and oxygen atoms in total. The molecule has 7 heteroatoms.